The van der Waals surface area contributed by atoms with E-state index < -0.39 is 0 Å². The molecule has 0 aromatic carbocycles. The summed E-state index contributed by atoms with van der Waals surface area (Å²) in [7, 11) is 2.96. The van der Waals surface area contributed by atoms with Gasteiger partial charge in [0.05, 0.1) is 31.3 Å². The molecule has 0 amide bonds. The summed E-state index contributed by atoms with van der Waals surface area (Å²) >= 11 is 1.53. The van der Waals surface area contributed by atoms with Gasteiger partial charge in [-0.05, 0) is 5.56 Å². The number of methoxy groups -OCH3 is 2. The second-order valence-electron chi connectivity index (χ2n) is 3.87. The first-order valence-corrected chi connectivity index (χ1v) is 6.58. The van der Waals surface area contributed by atoms with Gasteiger partial charge < -0.3 is 9.47 Å². The van der Waals surface area contributed by atoms with Crippen LogP contribution in [0.2, 0.25) is 0 Å². The minimum atomic E-state index is -0.275. The highest BCUT2D eigenvalue weighted by Crippen LogP contribution is 2.16. The van der Waals surface area contributed by atoms with Crippen LogP contribution in [0.5, 0.6) is 5.88 Å². The van der Waals surface area contributed by atoms with Gasteiger partial charge in [-0.1, -0.05) is 6.07 Å². The van der Waals surface area contributed by atoms with Crippen LogP contribution < -0.4 is 4.74 Å². The first-order valence-electron chi connectivity index (χ1n) is 5.70. The molecule has 0 aliphatic carbocycles. The van der Waals surface area contributed by atoms with Crippen LogP contribution in [0.1, 0.15) is 16.3 Å². The molecule has 0 spiro atoms. The van der Waals surface area contributed by atoms with Crippen molar-refractivity contribution < 1.29 is 14.3 Å². The zero-order valence-corrected chi connectivity index (χ0v) is 11.6. The summed E-state index contributed by atoms with van der Waals surface area (Å²) in [6.07, 6.45) is 2.68. The molecule has 0 aliphatic rings. The maximum absolute atomic E-state index is 11.1. The van der Waals surface area contributed by atoms with E-state index >= 15 is 0 Å². The molecule has 100 valence electrons. The third-order valence-electron chi connectivity index (χ3n) is 2.51. The molecule has 0 N–H and O–H groups in total. The summed E-state index contributed by atoms with van der Waals surface area (Å²) in [5.41, 5.74) is 1.80. The second kappa shape index (κ2) is 6.29. The van der Waals surface area contributed by atoms with Crippen LogP contribution in [0.4, 0.5) is 0 Å². The molecule has 0 atom stereocenters. The van der Waals surface area contributed by atoms with Crippen molar-refractivity contribution in [3.8, 4) is 5.88 Å². The lowest BCUT2D eigenvalue weighted by molar-refractivity contribution is -0.139. The van der Waals surface area contributed by atoms with Crippen LogP contribution in [0, 0.1) is 0 Å². The molecule has 2 aromatic rings. The van der Waals surface area contributed by atoms with Crippen LogP contribution in [0.25, 0.3) is 0 Å². The van der Waals surface area contributed by atoms with Gasteiger partial charge in [-0.15, -0.1) is 11.3 Å². The lowest BCUT2D eigenvalue weighted by Crippen LogP contribution is -2.04. The fraction of sp³-hybridized carbons (Fsp3) is 0.308. The molecule has 2 rings (SSSR count). The van der Waals surface area contributed by atoms with Gasteiger partial charge in [0.2, 0.25) is 5.88 Å². The topological polar surface area (TPSA) is 61.3 Å². The van der Waals surface area contributed by atoms with Crippen LogP contribution in [0.3, 0.4) is 0 Å². The first-order chi connectivity index (χ1) is 9.21. The first kappa shape index (κ1) is 13.5. The van der Waals surface area contributed by atoms with Gasteiger partial charge in [0.1, 0.15) is 0 Å². The Morgan fingerprint density at radius 1 is 1.37 bits per heavy atom. The number of rotatable bonds is 5. The highest BCUT2D eigenvalue weighted by Gasteiger charge is 2.08. The largest absolute Gasteiger partial charge is 0.481 e. The van der Waals surface area contributed by atoms with Crippen molar-refractivity contribution in [3.05, 3.63) is 40.0 Å². The Kier molecular flexibility index (Phi) is 4.46. The van der Waals surface area contributed by atoms with E-state index in [9.17, 15) is 4.79 Å². The van der Waals surface area contributed by atoms with Gasteiger partial charge in [-0.25, -0.2) is 9.97 Å². The fourth-order valence-corrected chi connectivity index (χ4v) is 2.37. The van der Waals surface area contributed by atoms with Gasteiger partial charge >= 0.3 is 5.97 Å². The molecular formula is C13H14N2O3S. The number of aromatic nitrogens is 2. The summed E-state index contributed by atoms with van der Waals surface area (Å²) in [5, 5.41) is 2.83. The van der Waals surface area contributed by atoms with Gasteiger partial charge in [-0.3, -0.25) is 4.79 Å². The Balaban J connectivity index is 2.00. The van der Waals surface area contributed by atoms with Crippen LogP contribution in [-0.4, -0.2) is 30.2 Å². The molecule has 0 unspecified atom stereocenters. The fourth-order valence-electron chi connectivity index (χ4n) is 1.54. The van der Waals surface area contributed by atoms with E-state index in [1.807, 2.05) is 17.5 Å². The number of hydrogen-bond donors (Lipinski definition) is 0. The summed E-state index contributed by atoms with van der Waals surface area (Å²) in [5.74, 6) is 0.317. The Hall–Kier alpha value is -1.95. The SMILES string of the molecule is COC(=O)Cc1csc(Cc2ccc(OC)nc2)n1. The summed E-state index contributed by atoms with van der Waals surface area (Å²) < 4.78 is 9.61. The van der Waals surface area contributed by atoms with Gasteiger partial charge in [0.15, 0.2) is 0 Å². The monoisotopic (exact) mass is 278 g/mol. The lowest BCUT2D eigenvalue weighted by atomic mass is 10.2. The summed E-state index contributed by atoms with van der Waals surface area (Å²) in [6.45, 7) is 0. The Morgan fingerprint density at radius 3 is 2.84 bits per heavy atom. The predicted octanol–water partition coefficient (Wildman–Crippen LogP) is 1.85. The van der Waals surface area contributed by atoms with E-state index in [1.54, 1.807) is 13.3 Å². The molecule has 0 saturated carbocycles. The normalized spacial score (nSPS) is 10.2. The molecular weight excluding hydrogens is 264 g/mol. The number of pyridine rings is 1. The quantitative estimate of drug-likeness (QED) is 0.781. The maximum atomic E-state index is 11.1. The number of carbonyl (C=O) groups excluding carboxylic acids is 1. The standard InChI is InChI=1S/C13H14N2O3S/c1-17-11-4-3-9(7-14-11)5-12-15-10(8-19-12)6-13(16)18-2/h3-4,7-8H,5-6H2,1-2H3. The van der Waals surface area contributed by atoms with E-state index in [4.69, 9.17) is 4.74 Å². The van der Waals surface area contributed by atoms with E-state index in [0.717, 1.165) is 16.3 Å². The second-order valence-corrected chi connectivity index (χ2v) is 4.81. The van der Waals surface area contributed by atoms with Crippen LogP contribution >= 0.6 is 11.3 Å². The van der Waals surface area contributed by atoms with Crippen molar-refractivity contribution in [2.75, 3.05) is 14.2 Å². The Morgan fingerprint density at radius 2 is 2.21 bits per heavy atom. The molecule has 0 aliphatic heterocycles. The highest BCUT2D eigenvalue weighted by molar-refractivity contribution is 7.09. The van der Waals surface area contributed by atoms with Gasteiger partial charge in [0.25, 0.3) is 0 Å². The van der Waals surface area contributed by atoms with Gasteiger partial charge in [-0.2, -0.15) is 0 Å². The highest BCUT2D eigenvalue weighted by atomic mass is 32.1. The van der Waals surface area contributed by atoms with Gasteiger partial charge in [0, 0.05) is 24.1 Å². The van der Waals surface area contributed by atoms with E-state index in [0.29, 0.717) is 12.3 Å². The average Bonchev–Trinajstić information content (AvgIpc) is 2.86. The number of hydrogen-bond acceptors (Lipinski definition) is 6. The van der Waals surface area contributed by atoms with Crippen molar-refractivity contribution in [3.63, 3.8) is 0 Å². The van der Waals surface area contributed by atoms with Crippen molar-refractivity contribution >= 4 is 17.3 Å². The number of thiazole rings is 1. The zero-order valence-electron chi connectivity index (χ0n) is 10.8. The van der Waals surface area contributed by atoms with Crippen LogP contribution in [-0.2, 0) is 22.4 Å². The van der Waals surface area contributed by atoms with Crippen molar-refractivity contribution in [1.29, 1.82) is 0 Å². The molecule has 0 fully saturated rings. The predicted molar refractivity (Wildman–Crippen MR) is 71.4 cm³/mol. The molecule has 0 bridgehead atoms. The van der Waals surface area contributed by atoms with Crippen molar-refractivity contribution in [1.82, 2.24) is 9.97 Å². The Bertz CT molecular complexity index is 551. The van der Waals surface area contributed by atoms with Crippen molar-refractivity contribution in [2.45, 2.75) is 12.8 Å². The number of nitrogens with zero attached hydrogens (tertiary/aromatic N) is 2. The maximum Gasteiger partial charge on any atom is 0.311 e. The minimum Gasteiger partial charge on any atom is -0.481 e. The molecule has 6 heteroatoms. The Labute approximate surface area is 115 Å². The molecule has 2 heterocycles. The van der Waals surface area contributed by atoms with Crippen molar-refractivity contribution in [2.24, 2.45) is 0 Å². The number of ether oxygens (including phenoxy) is 2. The average molecular weight is 278 g/mol. The zero-order chi connectivity index (χ0) is 13.7. The van der Waals surface area contributed by atoms with E-state index in [1.165, 1.54) is 18.4 Å². The number of carbonyl (C=O) groups is 1. The van der Waals surface area contributed by atoms with E-state index in [-0.39, 0.29) is 12.4 Å². The number of esters is 1. The summed E-state index contributed by atoms with van der Waals surface area (Å²) in [6, 6.07) is 3.77. The minimum absolute atomic E-state index is 0.216. The molecule has 5 nitrogen and oxygen atoms in total. The van der Waals surface area contributed by atoms with E-state index in [2.05, 4.69) is 14.7 Å². The molecule has 19 heavy (non-hydrogen) atoms. The molecule has 0 radical (unpaired) electrons. The molecule has 2 aromatic heterocycles. The van der Waals surface area contributed by atoms with Crippen LogP contribution in [0.15, 0.2) is 23.7 Å². The lowest BCUT2D eigenvalue weighted by Gasteiger charge is -2.00. The smallest absolute Gasteiger partial charge is 0.311 e. The molecule has 0 saturated heterocycles. The third-order valence-corrected chi connectivity index (χ3v) is 3.41. The third kappa shape index (κ3) is 3.75. The summed E-state index contributed by atoms with van der Waals surface area (Å²) in [4.78, 5) is 19.7.